The summed E-state index contributed by atoms with van der Waals surface area (Å²) in [7, 11) is 1.96. The van der Waals surface area contributed by atoms with Gasteiger partial charge in [0.05, 0.1) is 12.0 Å². The zero-order chi connectivity index (χ0) is 15.9. The second-order valence-electron chi connectivity index (χ2n) is 7.44. The zero-order valence-corrected chi connectivity index (χ0v) is 14.0. The monoisotopic (exact) mass is 314 g/mol. The average Bonchev–Trinajstić information content (AvgIpc) is 3.08. The number of amides is 1. The lowest BCUT2D eigenvalue weighted by Gasteiger charge is -2.43. The van der Waals surface area contributed by atoms with Gasteiger partial charge >= 0.3 is 0 Å². The molecule has 0 saturated carbocycles. The van der Waals surface area contributed by atoms with E-state index in [1.165, 1.54) is 11.1 Å². The fraction of sp³-hybridized carbons (Fsp3) is 0.632. The maximum Gasteiger partial charge on any atom is 0.229 e. The predicted molar refractivity (Wildman–Crippen MR) is 89.1 cm³/mol. The van der Waals surface area contributed by atoms with Crippen LogP contribution in [0.15, 0.2) is 24.3 Å². The van der Waals surface area contributed by atoms with Crippen molar-refractivity contribution < 1.29 is 9.53 Å². The van der Waals surface area contributed by atoms with Crippen LogP contribution in [-0.4, -0.2) is 55.1 Å². The quantitative estimate of drug-likeness (QED) is 0.795. The Balaban J connectivity index is 1.56. The molecule has 1 aromatic carbocycles. The Morgan fingerprint density at radius 2 is 1.91 bits per heavy atom. The summed E-state index contributed by atoms with van der Waals surface area (Å²) in [5.41, 5.74) is 2.48. The maximum absolute atomic E-state index is 13.1. The fourth-order valence-corrected chi connectivity index (χ4v) is 4.57. The van der Waals surface area contributed by atoms with Gasteiger partial charge in [0.25, 0.3) is 0 Å². The molecule has 3 aliphatic rings. The summed E-state index contributed by atoms with van der Waals surface area (Å²) in [5.74, 6) is 0.344. The van der Waals surface area contributed by atoms with Gasteiger partial charge in [-0.3, -0.25) is 9.69 Å². The number of carbonyl (C=O) groups excluding carboxylic acids is 1. The smallest absolute Gasteiger partial charge is 0.229 e. The predicted octanol–water partition coefficient (Wildman–Crippen LogP) is 2.07. The first kappa shape index (κ1) is 15.2. The number of hydrogen-bond acceptors (Lipinski definition) is 3. The van der Waals surface area contributed by atoms with Crippen molar-refractivity contribution in [1.82, 2.24) is 9.80 Å². The van der Waals surface area contributed by atoms with Crippen molar-refractivity contribution in [2.45, 2.75) is 38.3 Å². The Hall–Kier alpha value is -1.39. The molecule has 4 rings (SSSR count). The van der Waals surface area contributed by atoms with Crippen LogP contribution in [0.4, 0.5) is 0 Å². The maximum atomic E-state index is 13.1. The first-order valence-corrected chi connectivity index (χ1v) is 8.82. The van der Waals surface area contributed by atoms with Gasteiger partial charge in [-0.25, -0.2) is 0 Å². The number of fused-ring (bicyclic) bond motifs is 1. The van der Waals surface area contributed by atoms with Crippen molar-refractivity contribution in [3.8, 4) is 0 Å². The molecule has 2 saturated heterocycles. The van der Waals surface area contributed by atoms with Crippen LogP contribution >= 0.6 is 0 Å². The third-order valence-corrected chi connectivity index (χ3v) is 6.03. The highest BCUT2D eigenvalue weighted by Gasteiger charge is 2.45. The summed E-state index contributed by atoms with van der Waals surface area (Å²) in [6.07, 6.45) is 3.99. The number of ether oxygens (including phenoxy) is 1. The van der Waals surface area contributed by atoms with Gasteiger partial charge in [0, 0.05) is 26.2 Å². The number of rotatable bonds is 1. The van der Waals surface area contributed by atoms with Gasteiger partial charge in [0.2, 0.25) is 5.91 Å². The molecule has 0 unspecified atom stereocenters. The summed E-state index contributed by atoms with van der Waals surface area (Å²) >= 11 is 0. The van der Waals surface area contributed by atoms with Crippen molar-refractivity contribution >= 4 is 5.91 Å². The van der Waals surface area contributed by atoms with E-state index in [-0.39, 0.29) is 5.41 Å². The highest BCUT2D eigenvalue weighted by atomic mass is 16.5. The molecule has 0 aliphatic carbocycles. The van der Waals surface area contributed by atoms with E-state index >= 15 is 0 Å². The minimum absolute atomic E-state index is 0.197. The number of likely N-dealkylation sites (tertiary alicyclic amines) is 1. The van der Waals surface area contributed by atoms with Crippen molar-refractivity contribution in [3.05, 3.63) is 35.4 Å². The highest BCUT2D eigenvalue weighted by molar-refractivity contribution is 5.83. The molecule has 4 heteroatoms. The molecule has 0 bridgehead atoms. The summed E-state index contributed by atoms with van der Waals surface area (Å²) in [4.78, 5) is 17.6. The largest absolute Gasteiger partial charge is 0.380 e. The first-order valence-electron chi connectivity index (χ1n) is 8.82. The Bertz CT molecular complexity index is 587. The Morgan fingerprint density at radius 1 is 1.17 bits per heavy atom. The molecule has 3 aliphatic heterocycles. The minimum atomic E-state index is -0.197. The molecule has 4 nitrogen and oxygen atoms in total. The lowest BCUT2D eigenvalue weighted by atomic mass is 9.72. The van der Waals surface area contributed by atoms with E-state index in [4.69, 9.17) is 4.74 Å². The second-order valence-corrected chi connectivity index (χ2v) is 7.44. The summed E-state index contributed by atoms with van der Waals surface area (Å²) in [6, 6.07) is 9.13. The summed E-state index contributed by atoms with van der Waals surface area (Å²) in [6.45, 7) is 4.55. The van der Waals surface area contributed by atoms with E-state index in [1.807, 2.05) is 11.9 Å². The van der Waals surface area contributed by atoms with E-state index in [0.29, 0.717) is 11.9 Å². The lowest BCUT2D eigenvalue weighted by molar-refractivity contribution is -0.144. The Morgan fingerprint density at radius 3 is 2.61 bits per heavy atom. The number of hydrogen-bond donors (Lipinski definition) is 0. The Labute approximate surface area is 138 Å². The topological polar surface area (TPSA) is 32.8 Å². The van der Waals surface area contributed by atoms with E-state index < -0.39 is 0 Å². The van der Waals surface area contributed by atoms with E-state index in [2.05, 4.69) is 29.2 Å². The molecule has 1 amide bonds. The van der Waals surface area contributed by atoms with Gasteiger partial charge in [0.1, 0.15) is 0 Å². The lowest BCUT2D eigenvalue weighted by Crippen LogP contribution is -2.51. The molecule has 1 atom stereocenters. The van der Waals surface area contributed by atoms with Crippen LogP contribution in [0.25, 0.3) is 0 Å². The number of nitrogens with zero attached hydrogens (tertiary/aromatic N) is 2. The number of benzene rings is 1. The number of carbonyl (C=O) groups is 1. The van der Waals surface area contributed by atoms with Gasteiger partial charge < -0.3 is 9.64 Å². The zero-order valence-electron chi connectivity index (χ0n) is 14.0. The summed E-state index contributed by atoms with van der Waals surface area (Å²) < 4.78 is 5.54. The van der Waals surface area contributed by atoms with Gasteiger partial charge in [-0.1, -0.05) is 24.3 Å². The molecule has 0 N–H and O–H groups in total. The van der Waals surface area contributed by atoms with Crippen molar-refractivity contribution in [1.29, 1.82) is 0 Å². The second kappa shape index (κ2) is 5.91. The van der Waals surface area contributed by atoms with Gasteiger partial charge in [-0.2, -0.15) is 0 Å². The first-order chi connectivity index (χ1) is 11.2. The van der Waals surface area contributed by atoms with E-state index in [0.717, 1.165) is 58.5 Å². The van der Waals surface area contributed by atoms with Crippen molar-refractivity contribution in [2.24, 2.45) is 5.41 Å². The van der Waals surface area contributed by atoms with Crippen LogP contribution in [0.1, 0.15) is 30.4 Å². The van der Waals surface area contributed by atoms with Crippen LogP contribution in [0.3, 0.4) is 0 Å². The molecule has 1 aromatic rings. The van der Waals surface area contributed by atoms with Crippen LogP contribution < -0.4 is 0 Å². The third kappa shape index (κ3) is 2.68. The summed E-state index contributed by atoms with van der Waals surface area (Å²) in [5, 5.41) is 0. The molecule has 124 valence electrons. The Kier molecular flexibility index (Phi) is 3.90. The van der Waals surface area contributed by atoms with Crippen LogP contribution in [0.2, 0.25) is 0 Å². The van der Waals surface area contributed by atoms with Crippen LogP contribution in [-0.2, 0) is 22.5 Å². The van der Waals surface area contributed by atoms with E-state index in [9.17, 15) is 4.79 Å². The molecule has 0 aromatic heterocycles. The van der Waals surface area contributed by atoms with E-state index in [1.54, 1.807) is 0 Å². The molecular formula is C19H26N2O2. The van der Waals surface area contributed by atoms with Crippen LogP contribution in [0.5, 0.6) is 0 Å². The third-order valence-electron chi connectivity index (χ3n) is 6.03. The molecule has 1 spiro atoms. The standard InChI is InChI=1S/C19H26N2O2/c1-20-13-16-5-3-2-4-15(16)12-19(18(20)22)7-9-21(10-8-19)17-6-11-23-14-17/h2-5,17H,6-14H2,1H3/t17-/m0/s1. The minimum Gasteiger partial charge on any atom is -0.380 e. The molecule has 0 radical (unpaired) electrons. The molecular weight excluding hydrogens is 288 g/mol. The fourth-order valence-electron chi connectivity index (χ4n) is 4.57. The SMILES string of the molecule is CN1Cc2ccccc2CC2(CCN([C@H]3CCOC3)CC2)C1=O. The average molecular weight is 314 g/mol. The van der Waals surface area contributed by atoms with Gasteiger partial charge in [-0.05, 0) is 49.9 Å². The van der Waals surface area contributed by atoms with Gasteiger partial charge in [0.15, 0.2) is 0 Å². The normalized spacial score (nSPS) is 28.0. The van der Waals surface area contributed by atoms with Gasteiger partial charge in [-0.15, -0.1) is 0 Å². The van der Waals surface area contributed by atoms with Crippen molar-refractivity contribution in [2.75, 3.05) is 33.4 Å². The van der Waals surface area contributed by atoms with Crippen LogP contribution in [0, 0.1) is 5.41 Å². The van der Waals surface area contributed by atoms with Crippen molar-refractivity contribution in [3.63, 3.8) is 0 Å². The molecule has 23 heavy (non-hydrogen) atoms. The highest BCUT2D eigenvalue weighted by Crippen LogP contribution is 2.40. The molecule has 2 fully saturated rings. The molecule has 3 heterocycles. The number of piperidine rings is 1.